The summed E-state index contributed by atoms with van der Waals surface area (Å²) in [7, 11) is 1.62. The van der Waals surface area contributed by atoms with Crippen LogP contribution in [0.2, 0.25) is 0 Å². The third kappa shape index (κ3) is 3.10. The monoisotopic (exact) mass is 286 g/mol. The number of aromatic nitrogens is 1. The fourth-order valence-electron chi connectivity index (χ4n) is 2.67. The molecule has 0 bridgehead atoms. The van der Waals surface area contributed by atoms with Gasteiger partial charge in [-0.05, 0) is 58.0 Å². The maximum absolute atomic E-state index is 12.4. The molecular weight excluding hydrogens is 264 g/mol. The van der Waals surface area contributed by atoms with Crippen LogP contribution in [0.25, 0.3) is 0 Å². The van der Waals surface area contributed by atoms with E-state index in [1.54, 1.807) is 7.11 Å². The van der Waals surface area contributed by atoms with Gasteiger partial charge >= 0.3 is 0 Å². The standard InChI is InChI=1S/C17H22N2O2/c1-11(2)19-12(3)10-16(13(19)4)17(20)18-14-6-8-15(21-5)9-7-14/h6-11H,1-5H3,(H,18,20). The summed E-state index contributed by atoms with van der Waals surface area (Å²) in [4.78, 5) is 12.4. The minimum absolute atomic E-state index is 0.0832. The van der Waals surface area contributed by atoms with Crippen LogP contribution >= 0.6 is 0 Å². The Morgan fingerprint density at radius 2 is 1.81 bits per heavy atom. The lowest BCUT2D eigenvalue weighted by molar-refractivity contribution is 0.102. The summed E-state index contributed by atoms with van der Waals surface area (Å²) < 4.78 is 7.28. The van der Waals surface area contributed by atoms with Crippen molar-refractivity contribution < 1.29 is 9.53 Å². The molecule has 0 aliphatic carbocycles. The quantitative estimate of drug-likeness (QED) is 0.925. The number of hydrogen-bond donors (Lipinski definition) is 1. The van der Waals surface area contributed by atoms with Gasteiger partial charge in [-0.2, -0.15) is 0 Å². The van der Waals surface area contributed by atoms with E-state index in [9.17, 15) is 4.79 Å². The van der Waals surface area contributed by atoms with Crippen molar-refractivity contribution in [3.8, 4) is 5.75 Å². The summed E-state index contributed by atoms with van der Waals surface area (Å²) >= 11 is 0. The molecule has 0 aliphatic rings. The summed E-state index contributed by atoms with van der Waals surface area (Å²) in [5, 5.41) is 2.92. The highest BCUT2D eigenvalue weighted by molar-refractivity contribution is 6.05. The van der Waals surface area contributed by atoms with Gasteiger partial charge in [-0.3, -0.25) is 4.79 Å². The Labute approximate surface area is 125 Å². The van der Waals surface area contributed by atoms with E-state index in [0.29, 0.717) is 6.04 Å². The van der Waals surface area contributed by atoms with Crippen LogP contribution in [-0.2, 0) is 0 Å². The second-order valence-electron chi connectivity index (χ2n) is 5.43. The second-order valence-corrected chi connectivity index (χ2v) is 5.43. The van der Waals surface area contributed by atoms with Crippen molar-refractivity contribution in [2.24, 2.45) is 0 Å². The maximum atomic E-state index is 12.4. The van der Waals surface area contributed by atoms with Gasteiger partial charge in [0.25, 0.3) is 5.91 Å². The first-order chi connectivity index (χ1) is 9.93. The average Bonchev–Trinajstić information content (AvgIpc) is 2.75. The first-order valence-corrected chi connectivity index (χ1v) is 7.08. The first kappa shape index (κ1) is 15.2. The van der Waals surface area contributed by atoms with Crippen molar-refractivity contribution in [2.45, 2.75) is 33.7 Å². The predicted molar refractivity (Wildman–Crippen MR) is 85.2 cm³/mol. The van der Waals surface area contributed by atoms with Gasteiger partial charge < -0.3 is 14.6 Å². The fraction of sp³-hybridized carbons (Fsp3) is 0.353. The Morgan fingerprint density at radius 1 is 1.19 bits per heavy atom. The van der Waals surface area contributed by atoms with Crippen LogP contribution in [0.3, 0.4) is 0 Å². The number of methoxy groups -OCH3 is 1. The fourth-order valence-corrected chi connectivity index (χ4v) is 2.67. The Morgan fingerprint density at radius 3 is 2.29 bits per heavy atom. The number of nitrogens with zero attached hydrogens (tertiary/aromatic N) is 1. The molecule has 0 radical (unpaired) electrons. The number of aryl methyl sites for hydroxylation is 1. The second kappa shape index (κ2) is 6.04. The molecule has 0 fully saturated rings. The Hall–Kier alpha value is -2.23. The topological polar surface area (TPSA) is 43.3 Å². The molecule has 0 atom stereocenters. The zero-order chi connectivity index (χ0) is 15.6. The van der Waals surface area contributed by atoms with Crippen molar-refractivity contribution in [1.82, 2.24) is 4.57 Å². The van der Waals surface area contributed by atoms with Crippen LogP contribution in [0.1, 0.15) is 41.6 Å². The minimum Gasteiger partial charge on any atom is -0.497 e. The number of carbonyl (C=O) groups is 1. The number of nitrogens with one attached hydrogen (secondary N) is 1. The van der Waals surface area contributed by atoms with Crippen molar-refractivity contribution in [3.63, 3.8) is 0 Å². The molecule has 4 heteroatoms. The third-order valence-electron chi connectivity index (χ3n) is 3.59. The molecule has 1 amide bonds. The number of anilines is 1. The molecule has 0 spiro atoms. The summed E-state index contributed by atoms with van der Waals surface area (Å²) in [6.45, 7) is 8.24. The van der Waals surface area contributed by atoms with E-state index < -0.39 is 0 Å². The predicted octanol–water partition coefficient (Wildman–Crippen LogP) is 3.95. The highest BCUT2D eigenvalue weighted by atomic mass is 16.5. The molecule has 21 heavy (non-hydrogen) atoms. The lowest BCUT2D eigenvalue weighted by atomic mass is 10.2. The van der Waals surface area contributed by atoms with Crippen molar-refractivity contribution in [3.05, 3.63) is 47.3 Å². The van der Waals surface area contributed by atoms with Crippen LogP contribution in [0, 0.1) is 13.8 Å². The molecule has 0 saturated heterocycles. The van der Waals surface area contributed by atoms with Gasteiger partial charge in [0.1, 0.15) is 5.75 Å². The lowest BCUT2D eigenvalue weighted by Gasteiger charge is -2.13. The molecule has 2 aromatic rings. The largest absolute Gasteiger partial charge is 0.497 e. The van der Waals surface area contributed by atoms with Crippen LogP contribution in [0.5, 0.6) is 5.75 Å². The van der Waals surface area contributed by atoms with Gasteiger partial charge in [0, 0.05) is 23.1 Å². The van der Waals surface area contributed by atoms with Crippen LogP contribution in [0.15, 0.2) is 30.3 Å². The van der Waals surface area contributed by atoms with E-state index in [4.69, 9.17) is 4.74 Å². The molecule has 1 aromatic carbocycles. The van der Waals surface area contributed by atoms with E-state index in [1.165, 1.54) is 0 Å². The Balaban J connectivity index is 2.22. The van der Waals surface area contributed by atoms with E-state index in [1.807, 2.05) is 44.2 Å². The molecule has 1 N–H and O–H groups in total. The van der Waals surface area contributed by atoms with Gasteiger partial charge in [0.2, 0.25) is 0 Å². The molecule has 1 aromatic heterocycles. The number of amides is 1. The number of benzene rings is 1. The Bertz CT molecular complexity index is 640. The number of carbonyl (C=O) groups excluding carboxylic acids is 1. The third-order valence-corrected chi connectivity index (χ3v) is 3.59. The van der Waals surface area contributed by atoms with E-state index in [-0.39, 0.29) is 5.91 Å². The van der Waals surface area contributed by atoms with Gasteiger partial charge in [-0.1, -0.05) is 0 Å². The SMILES string of the molecule is COc1ccc(NC(=O)c2cc(C)n(C(C)C)c2C)cc1. The van der Waals surface area contributed by atoms with E-state index in [2.05, 4.69) is 23.7 Å². The zero-order valence-corrected chi connectivity index (χ0v) is 13.2. The van der Waals surface area contributed by atoms with E-state index >= 15 is 0 Å². The molecule has 0 unspecified atom stereocenters. The van der Waals surface area contributed by atoms with E-state index in [0.717, 1.165) is 28.4 Å². The first-order valence-electron chi connectivity index (χ1n) is 7.08. The van der Waals surface area contributed by atoms with Crippen LogP contribution in [-0.4, -0.2) is 17.6 Å². The molecular formula is C17H22N2O2. The number of hydrogen-bond acceptors (Lipinski definition) is 2. The number of ether oxygens (including phenoxy) is 1. The normalized spacial score (nSPS) is 10.8. The van der Waals surface area contributed by atoms with Crippen molar-refractivity contribution >= 4 is 11.6 Å². The van der Waals surface area contributed by atoms with Crippen LogP contribution in [0.4, 0.5) is 5.69 Å². The smallest absolute Gasteiger partial charge is 0.257 e. The van der Waals surface area contributed by atoms with Gasteiger partial charge in [0.05, 0.1) is 12.7 Å². The minimum atomic E-state index is -0.0832. The summed E-state index contributed by atoms with van der Waals surface area (Å²) in [5.41, 5.74) is 3.57. The molecule has 112 valence electrons. The maximum Gasteiger partial charge on any atom is 0.257 e. The van der Waals surface area contributed by atoms with Gasteiger partial charge in [0.15, 0.2) is 0 Å². The summed E-state index contributed by atoms with van der Waals surface area (Å²) in [6, 6.07) is 9.60. The highest BCUT2D eigenvalue weighted by Crippen LogP contribution is 2.22. The number of rotatable bonds is 4. The molecule has 2 rings (SSSR count). The summed E-state index contributed by atoms with van der Waals surface area (Å²) in [5.74, 6) is 0.686. The summed E-state index contributed by atoms with van der Waals surface area (Å²) in [6.07, 6.45) is 0. The van der Waals surface area contributed by atoms with Crippen LogP contribution < -0.4 is 10.1 Å². The molecule has 0 aliphatic heterocycles. The zero-order valence-electron chi connectivity index (χ0n) is 13.2. The lowest BCUT2D eigenvalue weighted by Crippen LogP contribution is -2.13. The molecule has 1 heterocycles. The van der Waals surface area contributed by atoms with Crippen molar-refractivity contribution in [1.29, 1.82) is 0 Å². The van der Waals surface area contributed by atoms with Gasteiger partial charge in [-0.25, -0.2) is 0 Å². The van der Waals surface area contributed by atoms with Gasteiger partial charge in [-0.15, -0.1) is 0 Å². The van der Waals surface area contributed by atoms with Crippen molar-refractivity contribution in [2.75, 3.05) is 12.4 Å². The highest BCUT2D eigenvalue weighted by Gasteiger charge is 2.17. The molecule has 4 nitrogen and oxygen atoms in total. The Kier molecular flexibility index (Phi) is 4.36. The molecule has 0 saturated carbocycles. The average molecular weight is 286 g/mol.